The minimum Gasteiger partial charge on any atom is -0.496 e. The molecule has 2 aromatic carbocycles. The summed E-state index contributed by atoms with van der Waals surface area (Å²) in [6, 6.07) is 6.72. The summed E-state index contributed by atoms with van der Waals surface area (Å²) in [6.07, 6.45) is 2.93. The summed E-state index contributed by atoms with van der Waals surface area (Å²) in [7, 11) is -1.17. The van der Waals surface area contributed by atoms with Crippen molar-refractivity contribution >= 4 is 32.9 Å². The van der Waals surface area contributed by atoms with E-state index in [9.17, 15) is 13.2 Å². The van der Waals surface area contributed by atoms with Crippen LogP contribution in [-0.2, 0) is 27.8 Å². The number of fused-ring (bicyclic) bond motifs is 1. The molecular formula is C27H33N5O7S. The number of benzene rings is 2. The van der Waals surface area contributed by atoms with E-state index >= 15 is 0 Å². The zero-order valence-electron chi connectivity index (χ0n) is 23.5. The van der Waals surface area contributed by atoms with Crippen molar-refractivity contribution in [2.45, 2.75) is 58.2 Å². The summed E-state index contributed by atoms with van der Waals surface area (Å²) in [6.45, 7) is 9.71. The molecule has 40 heavy (non-hydrogen) atoms. The molecule has 4 aromatic rings. The molecule has 0 spiro atoms. The predicted octanol–water partition coefficient (Wildman–Crippen LogP) is 4.53. The molecule has 0 bridgehead atoms. The van der Waals surface area contributed by atoms with E-state index in [1.54, 1.807) is 62.1 Å². The number of carbonyl (C=O) groups excluding carboxylic acids is 1. The molecule has 1 amide bonds. The van der Waals surface area contributed by atoms with Crippen molar-refractivity contribution in [3.05, 3.63) is 58.9 Å². The fourth-order valence-corrected chi connectivity index (χ4v) is 5.23. The number of nitrogens with zero attached hydrogens (tertiary/aromatic N) is 3. The molecule has 13 heteroatoms. The topological polar surface area (TPSA) is 147 Å². The van der Waals surface area contributed by atoms with Gasteiger partial charge in [0.15, 0.2) is 11.4 Å². The quantitative estimate of drug-likeness (QED) is 0.296. The molecule has 4 rings (SSSR count). The average Bonchev–Trinajstić information content (AvgIpc) is 3.49. The predicted molar refractivity (Wildman–Crippen MR) is 148 cm³/mol. The number of ether oxygens (including phenoxy) is 3. The van der Waals surface area contributed by atoms with E-state index in [0.717, 1.165) is 22.3 Å². The molecule has 0 atom stereocenters. The molecule has 2 N–H and O–H groups in total. The first-order chi connectivity index (χ1) is 18.8. The summed E-state index contributed by atoms with van der Waals surface area (Å²) in [5, 5.41) is 11.4. The van der Waals surface area contributed by atoms with Crippen molar-refractivity contribution in [1.29, 1.82) is 0 Å². The van der Waals surface area contributed by atoms with E-state index in [1.165, 1.54) is 14.2 Å². The highest BCUT2D eigenvalue weighted by atomic mass is 32.2. The van der Waals surface area contributed by atoms with Gasteiger partial charge in [0.1, 0.15) is 27.4 Å². The monoisotopic (exact) mass is 571 g/mol. The second-order valence-corrected chi connectivity index (χ2v) is 11.9. The van der Waals surface area contributed by atoms with Crippen LogP contribution in [0.25, 0.3) is 11.0 Å². The van der Waals surface area contributed by atoms with Gasteiger partial charge in [0.05, 0.1) is 27.0 Å². The minimum absolute atomic E-state index is 0.00623. The van der Waals surface area contributed by atoms with Gasteiger partial charge in [-0.1, -0.05) is 5.16 Å². The molecule has 2 heterocycles. The van der Waals surface area contributed by atoms with Gasteiger partial charge < -0.3 is 24.1 Å². The third kappa shape index (κ3) is 6.47. The second kappa shape index (κ2) is 11.1. The summed E-state index contributed by atoms with van der Waals surface area (Å²) >= 11 is 0. The van der Waals surface area contributed by atoms with Crippen LogP contribution in [0.15, 0.2) is 46.1 Å². The third-order valence-corrected chi connectivity index (χ3v) is 7.35. The first-order valence-electron chi connectivity index (χ1n) is 12.4. The largest absolute Gasteiger partial charge is 0.496 e. The van der Waals surface area contributed by atoms with Crippen molar-refractivity contribution in [3.8, 4) is 11.5 Å². The maximum atomic E-state index is 13.3. The Bertz CT molecular complexity index is 1650. The lowest BCUT2D eigenvalue weighted by Gasteiger charge is -2.19. The Kier molecular flexibility index (Phi) is 7.96. The first-order valence-corrected chi connectivity index (χ1v) is 13.9. The van der Waals surface area contributed by atoms with Crippen LogP contribution in [0.5, 0.6) is 11.5 Å². The molecule has 0 saturated carbocycles. The molecule has 0 saturated heterocycles. The van der Waals surface area contributed by atoms with Gasteiger partial charge in [-0.25, -0.2) is 13.2 Å². The molecule has 0 unspecified atom stereocenters. The van der Waals surface area contributed by atoms with Gasteiger partial charge in [0.25, 0.3) is 10.0 Å². The highest BCUT2D eigenvalue weighted by molar-refractivity contribution is 7.92. The number of hydrogen-bond donors (Lipinski definition) is 2. The number of nitrogens with one attached hydrogen (secondary N) is 2. The van der Waals surface area contributed by atoms with Crippen molar-refractivity contribution < 1.29 is 31.9 Å². The highest BCUT2D eigenvalue weighted by Gasteiger charge is 2.25. The van der Waals surface area contributed by atoms with Gasteiger partial charge in [-0.3, -0.25) is 9.40 Å². The van der Waals surface area contributed by atoms with E-state index < -0.39 is 21.7 Å². The standard InChI is InChI=1S/C27H33N5O7S/c1-16-8-20(36-6)23(9-17(16)2)40(34,35)31-25-24-21(37-7)10-18(11-22(24)39-30-25)14-32-15-19(13-29-32)12-28-26(33)38-27(3,4)5/h8-11,13,15H,12,14H2,1-7H3,(H,28,33)(H,30,31). The van der Waals surface area contributed by atoms with Crippen LogP contribution in [0.1, 0.15) is 43.0 Å². The van der Waals surface area contributed by atoms with E-state index in [4.69, 9.17) is 18.7 Å². The van der Waals surface area contributed by atoms with Gasteiger partial charge >= 0.3 is 6.09 Å². The maximum absolute atomic E-state index is 13.3. The van der Waals surface area contributed by atoms with Gasteiger partial charge in [0, 0.05) is 18.3 Å². The molecule has 2 aromatic heterocycles. The van der Waals surface area contributed by atoms with E-state index in [0.29, 0.717) is 23.3 Å². The number of methoxy groups -OCH3 is 2. The van der Waals surface area contributed by atoms with Gasteiger partial charge in [-0.05, 0) is 75.6 Å². The second-order valence-electron chi connectivity index (χ2n) is 10.3. The number of rotatable bonds is 9. The average molecular weight is 572 g/mol. The van der Waals surface area contributed by atoms with Gasteiger partial charge in [-0.2, -0.15) is 5.10 Å². The Morgan fingerprint density at radius 3 is 2.40 bits per heavy atom. The van der Waals surface area contributed by atoms with E-state index in [2.05, 4.69) is 20.3 Å². The van der Waals surface area contributed by atoms with Gasteiger partial charge in [0.2, 0.25) is 0 Å². The Morgan fingerprint density at radius 1 is 1.02 bits per heavy atom. The Balaban J connectivity index is 1.54. The number of amides is 1. The first kappa shape index (κ1) is 28.7. The van der Waals surface area contributed by atoms with Crippen molar-refractivity contribution in [2.24, 2.45) is 0 Å². The van der Waals surface area contributed by atoms with Gasteiger partial charge in [-0.15, -0.1) is 0 Å². The Morgan fingerprint density at radius 2 is 1.73 bits per heavy atom. The summed E-state index contributed by atoms with van der Waals surface area (Å²) in [4.78, 5) is 11.9. The number of aromatic nitrogens is 3. The van der Waals surface area contributed by atoms with Crippen LogP contribution in [0.2, 0.25) is 0 Å². The fraction of sp³-hybridized carbons (Fsp3) is 0.370. The van der Waals surface area contributed by atoms with Crippen LogP contribution >= 0.6 is 0 Å². The number of alkyl carbamates (subject to hydrolysis) is 1. The highest BCUT2D eigenvalue weighted by Crippen LogP contribution is 2.36. The SMILES string of the molecule is COc1cc(C)c(C)cc1S(=O)(=O)Nc1noc2cc(Cn3cc(CNC(=O)OC(C)(C)C)cn3)cc(OC)c12. The number of aryl methyl sites for hydroxylation is 2. The summed E-state index contributed by atoms with van der Waals surface area (Å²) in [5.74, 6) is 0.586. The molecule has 0 aliphatic carbocycles. The molecular weight excluding hydrogens is 538 g/mol. The fourth-order valence-electron chi connectivity index (χ4n) is 3.99. The van der Waals surface area contributed by atoms with Crippen LogP contribution in [0.4, 0.5) is 10.6 Å². The maximum Gasteiger partial charge on any atom is 0.407 e. The smallest absolute Gasteiger partial charge is 0.407 e. The lowest BCUT2D eigenvalue weighted by Crippen LogP contribution is -2.32. The van der Waals surface area contributed by atoms with Crippen LogP contribution in [0, 0.1) is 13.8 Å². The zero-order valence-corrected chi connectivity index (χ0v) is 24.3. The zero-order chi connectivity index (χ0) is 29.2. The lowest BCUT2D eigenvalue weighted by molar-refractivity contribution is 0.0523. The molecule has 0 fully saturated rings. The van der Waals surface area contributed by atoms with Crippen molar-refractivity contribution in [1.82, 2.24) is 20.3 Å². The van der Waals surface area contributed by atoms with Crippen LogP contribution < -0.4 is 19.5 Å². The number of anilines is 1. The molecule has 0 radical (unpaired) electrons. The lowest BCUT2D eigenvalue weighted by atomic mass is 10.1. The van der Waals surface area contributed by atoms with Crippen LogP contribution in [-0.4, -0.2) is 49.3 Å². The normalized spacial score (nSPS) is 11.9. The van der Waals surface area contributed by atoms with Crippen molar-refractivity contribution in [2.75, 3.05) is 18.9 Å². The van der Waals surface area contributed by atoms with E-state index in [1.807, 2.05) is 13.8 Å². The van der Waals surface area contributed by atoms with Crippen molar-refractivity contribution in [3.63, 3.8) is 0 Å². The molecule has 12 nitrogen and oxygen atoms in total. The summed E-state index contributed by atoms with van der Waals surface area (Å²) < 4.78 is 52.4. The number of hydrogen-bond acceptors (Lipinski definition) is 9. The van der Waals surface area contributed by atoms with E-state index in [-0.39, 0.29) is 23.0 Å². The Hall–Kier alpha value is -4.26. The number of sulfonamides is 1. The molecule has 0 aliphatic heterocycles. The molecule has 0 aliphatic rings. The number of carbonyl (C=O) groups is 1. The Labute approximate surface area is 232 Å². The van der Waals surface area contributed by atoms with Crippen LogP contribution in [0.3, 0.4) is 0 Å². The minimum atomic E-state index is -4.07. The third-order valence-electron chi connectivity index (χ3n) is 5.99. The summed E-state index contributed by atoms with van der Waals surface area (Å²) in [5.41, 5.74) is 3.02. The molecule has 214 valence electrons.